The normalized spacial score (nSPS) is 11.0. The zero-order valence-electron chi connectivity index (χ0n) is 33.2. The van der Waals surface area contributed by atoms with Crippen LogP contribution in [0.2, 0.25) is 30.1 Å². The Balaban J connectivity index is 0.000000227. The Morgan fingerprint density at radius 1 is 0.708 bits per heavy atom. The number of anilines is 3. The Kier molecular flexibility index (Phi) is 19.5. The van der Waals surface area contributed by atoms with Gasteiger partial charge in [0.15, 0.2) is 23.2 Å². The van der Waals surface area contributed by atoms with Crippen molar-refractivity contribution in [2.45, 2.75) is 16.3 Å². The molecule has 7 N–H and O–H groups in total. The van der Waals surface area contributed by atoms with Crippen molar-refractivity contribution in [1.29, 1.82) is 0 Å². The Bertz CT molecular complexity index is 2890. The molecule has 0 saturated carbocycles. The first-order chi connectivity index (χ1) is 30.8. The van der Waals surface area contributed by atoms with Gasteiger partial charge in [-0.3, -0.25) is 24.2 Å². The van der Waals surface area contributed by atoms with Crippen molar-refractivity contribution < 1.29 is 44.9 Å². The van der Waals surface area contributed by atoms with Crippen LogP contribution in [0.25, 0.3) is 17.3 Å². The average Bonchev–Trinajstić information content (AvgIpc) is 4.08. The molecule has 0 saturated heterocycles. The van der Waals surface area contributed by atoms with E-state index in [9.17, 15) is 21.6 Å². The molecule has 0 aliphatic rings. The summed E-state index contributed by atoms with van der Waals surface area (Å²) in [6, 6.07) is 13.5. The summed E-state index contributed by atoms with van der Waals surface area (Å²) in [5, 5.41) is 16.0. The Morgan fingerprint density at radius 2 is 1.23 bits per heavy atom. The standard InChI is InChI=1S/C16H9Cl3N6O3S.C12H9Cl3N4O3S.C4H10O3.C3H4N2O/c17-9-5-13(24-29(26,27)10-1-2-11(18)12(19)6-10)15(20-7-9)16-22-21-8-25(16)14-3-4-28-23-14;13-6-3-10(11(17-5-6)12(20)18-16)19-23(21,22)7-1-2-8(14)9(15)4-7;1-5-4(6-2)7-3;4-3-1-2-6-5-3/h1-8,24H;1-5,19H,16H2,(H,18,20);4H,1-3H3;1-2H,(H2,4,5). The minimum atomic E-state index is -4.05. The smallest absolute Gasteiger partial charge is 0.285 e. The molecule has 0 aliphatic carbocycles. The quantitative estimate of drug-likeness (QED) is 0.0356. The second kappa shape index (κ2) is 24.3. The van der Waals surface area contributed by atoms with E-state index >= 15 is 0 Å². The van der Waals surface area contributed by atoms with Gasteiger partial charge in [0.2, 0.25) is 0 Å². The molecule has 1 amide bonds. The van der Waals surface area contributed by atoms with Crippen molar-refractivity contribution >= 4 is 113 Å². The number of rotatable bonds is 12. The third kappa shape index (κ3) is 14.8. The van der Waals surface area contributed by atoms with E-state index in [4.69, 9.17) is 85.7 Å². The Hall–Kier alpha value is -5.35. The minimum Gasteiger partial charge on any atom is -0.381 e. The summed E-state index contributed by atoms with van der Waals surface area (Å²) in [6.07, 6.45) is 6.73. The van der Waals surface area contributed by atoms with Gasteiger partial charge in [-0.2, -0.15) is 0 Å². The van der Waals surface area contributed by atoms with Crippen molar-refractivity contribution in [3.63, 3.8) is 0 Å². The Morgan fingerprint density at radius 3 is 1.68 bits per heavy atom. The van der Waals surface area contributed by atoms with Gasteiger partial charge >= 0.3 is 0 Å². The summed E-state index contributed by atoms with van der Waals surface area (Å²) >= 11 is 35.2. The number of halogens is 6. The van der Waals surface area contributed by atoms with E-state index in [1.54, 1.807) is 12.1 Å². The van der Waals surface area contributed by atoms with Gasteiger partial charge in [0.25, 0.3) is 32.4 Å². The number of carbonyl (C=O) groups excluding carboxylic acids is 1. The molecular formula is C35H32Cl6N12O10S2. The van der Waals surface area contributed by atoms with E-state index in [1.165, 1.54) is 106 Å². The average molecular weight is 1060 g/mol. The molecule has 7 aromatic rings. The SMILES string of the molecule is COC(OC)OC.NNC(=O)c1ncc(Cl)cc1NS(=O)(=O)c1ccc(Cl)c(Cl)c1.Nc1ccon1.O=S(=O)(Nc1cc(Cl)cnc1-c1nncn1-c1ccon1)c1ccc(Cl)c(Cl)c1. The highest BCUT2D eigenvalue weighted by Crippen LogP contribution is 2.32. The van der Waals surface area contributed by atoms with E-state index in [1.807, 2.05) is 5.43 Å². The fourth-order valence-corrected chi connectivity index (χ4v) is 7.77. The number of amides is 1. The molecule has 0 radical (unpaired) electrons. The van der Waals surface area contributed by atoms with Gasteiger partial charge in [-0.25, -0.2) is 32.6 Å². The van der Waals surface area contributed by atoms with Gasteiger partial charge in [-0.05, 0) is 48.5 Å². The first-order valence-electron chi connectivity index (χ1n) is 17.2. The predicted octanol–water partition coefficient (Wildman–Crippen LogP) is 6.99. The number of nitrogen functional groups attached to an aromatic ring is 2. The summed E-state index contributed by atoms with van der Waals surface area (Å²) in [6.45, 7) is -0.514. The number of ether oxygens (including phenoxy) is 3. The van der Waals surface area contributed by atoms with Crippen LogP contribution in [-0.2, 0) is 34.3 Å². The van der Waals surface area contributed by atoms with E-state index < -0.39 is 32.4 Å². The van der Waals surface area contributed by atoms with Crippen LogP contribution in [-0.4, -0.2) is 85.6 Å². The fraction of sp³-hybridized carbons (Fsp3) is 0.114. The van der Waals surface area contributed by atoms with Gasteiger partial charge in [-0.15, -0.1) is 10.2 Å². The monoisotopic (exact) mass is 1050 g/mol. The molecule has 0 unspecified atom stereocenters. The summed E-state index contributed by atoms with van der Waals surface area (Å²) in [5.41, 5.74) is 6.83. The van der Waals surface area contributed by atoms with Crippen LogP contribution >= 0.6 is 69.6 Å². The molecule has 7 rings (SSSR count). The molecule has 0 aliphatic heterocycles. The molecule has 0 spiro atoms. The summed E-state index contributed by atoms with van der Waals surface area (Å²) in [7, 11) is -3.54. The number of nitrogens with two attached hydrogens (primary N) is 2. The van der Waals surface area contributed by atoms with Gasteiger partial charge in [0.1, 0.15) is 24.5 Å². The van der Waals surface area contributed by atoms with Crippen LogP contribution < -0.4 is 26.4 Å². The lowest BCUT2D eigenvalue weighted by Gasteiger charge is -2.12. The number of carbonyl (C=O) groups is 1. The first-order valence-corrected chi connectivity index (χ1v) is 22.4. The lowest BCUT2D eigenvalue weighted by molar-refractivity contribution is -0.252. The van der Waals surface area contributed by atoms with Gasteiger partial charge in [0, 0.05) is 45.9 Å². The number of nitrogens with zero attached hydrogens (tertiary/aromatic N) is 7. The van der Waals surface area contributed by atoms with Gasteiger partial charge in [-0.1, -0.05) is 79.9 Å². The maximum atomic E-state index is 12.9. The van der Waals surface area contributed by atoms with Crippen LogP contribution in [0.4, 0.5) is 17.2 Å². The van der Waals surface area contributed by atoms with Crippen molar-refractivity contribution in [2.75, 3.05) is 36.5 Å². The molecule has 2 aromatic carbocycles. The first kappa shape index (κ1) is 52.3. The van der Waals surface area contributed by atoms with Crippen LogP contribution in [0, 0.1) is 0 Å². The van der Waals surface area contributed by atoms with Crippen molar-refractivity contribution in [3.05, 3.63) is 128 Å². The van der Waals surface area contributed by atoms with E-state index in [0.717, 1.165) is 0 Å². The molecule has 346 valence electrons. The lowest BCUT2D eigenvalue weighted by atomic mass is 10.3. The largest absolute Gasteiger partial charge is 0.381 e. The number of pyridine rings is 2. The fourth-order valence-electron chi connectivity index (χ4n) is 4.56. The summed E-state index contributed by atoms with van der Waals surface area (Å²) in [5.74, 6) is 5.30. The highest BCUT2D eigenvalue weighted by molar-refractivity contribution is 7.93. The van der Waals surface area contributed by atoms with Crippen molar-refractivity contribution in [3.8, 4) is 17.3 Å². The second-order valence-corrected chi connectivity index (χ2v) is 17.6. The van der Waals surface area contributed by atoms with Gasteiger partial charge in [0.05, 0.1) is 51.3 Å². The number of benzene rings is 2. The number of methoxy groups -OCH3 is 3. The van der Waals surface area contributed by atoms with Crippen LogP contribution in [0.5, 0.6) is 0 Å². The molecule has 0 atom stereocenters. The lowest BCUT2D eigenvalue weighted by Crippen LogP contribution is -2.31. The number of hydrogen-bond acceptors (Lipinski definition) is 18. The zero-order chi connectivity index (χ0) is 47.9. The number of aromatic nitrogens is 7. The molecule has 0 fully saturated rings. The second-order valence-electron chi connectivity index (χ2n) is 11.7. The number of nitrogens with one attached hydrogen (secondary N) is 3. The van der Waals surface area contributed by atoms with Crippen LogP contribution in [0.1, 0.15) is 10.5 Å². The highest BCUT2D eigenvalue weighted by Gasteiger charge is 2.23. The molecular weight excluding hydrogens is 1030 g/mol. The number of hydrazine groups is 1. The molecule has 65 heavy (non-hydrogen) atoms. The third-order valence-electron chi connectivity index (χ3n) is 7.41. The van der Waals surface area contributed by atoms with Crippen molar-refractivity contribution in [2.24, 2.45) is 5.84 Å². The van der Waals surface area contributed by atoms with E-state index in [0.29, 0.717) is 11.6 Å². The predicted molar refractivity (Wildman–Crippen MR) is 241 cm³/mol. The maximum absolute atomic E-state index is 12.9. The van der Waals surface area contributed by atoms with E-state index in [-0.39, 0.29) is 68.5 Å². The highest BCUT2D eigenvalue weighted by atomic mass is 35.5. The van der Waals surface area contributed by atoms with Crippen LogP contribution in [0.15, 0.2) is 111 Å². The molecule has 22 nitrogen and oxygen atoms in total. The van der Waals surface area contributed by atoms with E-state index in [2.05, 4.69) is 58.7 Å². The number of hydrogen-bond donors (Lipinski definition) is 5. The molecule has 5 aromatic heterocycles. The molecule has 30 heteroatoms. The summed E-state index contributed by atoms with van der Waals surface area (Å²) < 4.78 is 79.6. The third-order valence-corrected chi connectivity index (χ3v) is 12.0. The maximum Gasteiger partial charge on any atom is 0.285 e. The van der Waals surface area contributed by atoms with Gasteiger partial charge < -0.3 is 29.0 Å². The van der Waals surface area contributed by atoms with Crippen LogP contribution in [0.3, 0.4) is 0 Å². The Labute approximate surface area is 399 Å². The number of sulfonamides is 2. The molecule has 5 heterocycles. The summed E-state index contributed by atoms with van der Waals surface area (Å²) in [4.78, 5) is 19.4. The topological polar surface area (TPSA) is 310 Å². The van der Waals surface area contributed by atoms with Crippen molar-refractivity contribution in [1.82, 2.24) is 40.5 Å². The zero-order valence-corrected chi connectivity index (χ0v) is 39.4. The molecule has 0 bridgehead atoms. The minimum absolute atomic E-state index is 0.0682.